The molecule has 0 saturated heterocycles. The molecule has 0 fully saturated rings. The summed E-state index contributed by atoms with van der Waals surface area (Å²) in [5.41, 5.74) is 0. The van der Waals surface area contributed by atoms with Gasteiger partial charge in [0.2, 0.25) is 0 Å². The number of hydrogen-bond donors (Lipinski definition) is 0. The standard InChI is InChI=1S/Ga.O.Sb.Zn. The van der Waals surface area contributed by atoms with E-state index in [1.54, 1.807) is 0 Å². The Hall–Kier alpha value is 1.88. The molecule has 4 radical (unpaired) electrons. The van der Waals surface area contributed by atoms with Gasteiger partial charge in [0, 0.05) is 39.3 Å². The van der Waals surface area contributed by atoms with Crippen molar-refractivity contribution in [2.45, 2.75) is 0 Å². The van der Waals surface area contributed by atoms with E-state index in [1.165, 1.54) is 0 Å². The van der Waals surface area contributed by atoms with E-state index >= 15 is 0 Å². The molecule has 0 heterocycles. The minimum Gasteiger partial charge on any atom is 0 e. The molecule has 0 spiro atoms. The largest absolute Gasteiger partial charge is 0 e. The summed E-state index contributed by atoms with van der Waals surface area (Å²) in [5, 5.41) is 0. The molecule has 0 bridgehead atoms. The van der Waals surface area contributed by atoms with Crippen molar-refractivity contribution in [2.24, 2.45) is 0 Å². The summed E-state index contributed by atoms with van der Waals surface area (Å²) in [6.07, 6.45) is 0. The third-order valence-electron chi connectivity index (χ3n) is 0. The molecule has 0 atom stereocenters. The molecule has 0 N–H and O–H groups in total. The first-order valence-corrected chi connectivity index (χ1v) is 1.22. The van der Waals surface area contributed by atoms with Crippen molar-refractivity contribution >= 4 is 42.8 Å². The first-order chi connectivity index (χ1) is 1.00. The first-order valence-electron chi connectivity index (χ1n) is 0.183. The van der Waals surface area contributed by atoms with Crippen LogP contribution >= 0.6 is 0 Å². The normalized spacial score (nSPS) is 1.00. The summed E-state index contributed by atoms with van der Waals surface area (Å²) >= 11 is 0.500. The summed E-state index contributed by atoms with van der Waals surface area (Å²) in [4.78, 5) is 0. The monoisotopic (exact) mass is 270 g/mol. The Morgan fingerprint density at radius 3 is 1.25 bits per heavy atom. The van der Waals surface area contributed by atoms with Crippen LogP contribution in [0.15, 0.2) is 0 Å². The third kappa shape index (κ3) is 9.11. The Kier molecular flexibility index (Phi) is 87.8. The van der Waals surface area contributed by atoms with Crippen LogP contribution < -0.4 is 0 Å². The molecule has 0 aliphatic rings. The molecular formula is GaOSbZn. The average Bonchev–Trinajstić information content (AvgIpc) is 1.00. The van der Waals surface area contributed by atoms with Crippen LogP contribution in [-0.2, 0) is 22.5 Å². The topological polar surface area (TPSA) is 17.1 Å². The Morgan fingerprint density at radius 2 is 1.25 bits per heavy atom. The van der Waals surface area contributed by atoms with Crippen molar-refractivity contribution in [3.63, 3.8) is 0 Å². The van der Waals surface area contributed by atoms with Crippen molar-refractivity contribution in [2.75, 3.05) is 0 Å². The minimum atomic E-state index is 0. The predicted octanol–water partition coefficient (Wildman–Crippen LogP) is -0.883. The van der Waals surface area contributed by atoms with Gasteiger partial charge < -0.3 is 0 Å². The summed E-state index contributed by atoms with van der Waals surface area (Å²) in [6, 6.07) is 0. The molecule has 16 valence electrons. The smallest absolute Gasteiger partial charge is 0 e. The maximum Gasteiger partial charge on any atom is 0 e. The molecule has 0 aliphatic carbocycles. The van der Waals surface area contributed by atoms with Crippen LogP contribution in [0, 0.1) is 0 Å². The fourth-order valence-electron chi connectivity index (χ4n) is 0. The van der Waals surface area contributed by atoms with Crippen LogP contribution in [0.2, 0.25) is 0 Å². The Bertz CT molecular complexity index is 8.00. The van der Waals surface area contributed by atoms with E-state index in [1.807, 2.05) is 0 Å². The molecule has 1 nitrogen and oxygen atoms in total. The second-order valence-corrected chi connectivity index (χ2v) is 0. The van der Waals surface area contributed by atoms with Crippen molar-refractivity contribution in [1.29, 1.82) is 0 Å². The van der Waals surface area contributed by atoms with E-state index in [0.717, 1.165) is 0 Å². The zero-order chi connectivity index (χ0) is 2.00. The number of rotatable bonds is 0. The molecule has 0 aromatic heterocycles. The van der Waals surface area contributed by atoms with Gasteiger partial charge in [-0.05, 0) is 0 Å². The van der Waals surface area contributed by atoms with E-state index in [-0.39, 0.29) is 39.3 Å². The molecular weight excluding hydrogens is 273 g/mol. The number of hydrogen-bond acceptors (Lipinski definition) is 1. The van der Waals surface area contributed by atoms with Gasteiger partial charge in [0.05, 0.1) is 0 Å². The molecule has 0 unspecified atom stereocenters. The van der Waals surface area contributed by atoms with Gasteiger partial charge in [-0.2, -0.15) is 0 Å². The molecule has 4 heavy (non-hydrogen) atoms. The van der Waals surface area contributed by atoms with Crippen LogP contribution in [-0.4, -0.2) is 42.8 Å². The van der Waals surface area contributed by atoms with Crippen molar-refractivity contribution in [3.05, 3.63) is 0 Å². The molecule has 0 rings (SSSR count). The minimum absolute atomic E-state index is 0. The maximum atomic E-state index is 8.30. The van der Waals surface area contributed by atoms with Gasteiger partial charge in [0.15, 0.2) is 0 Å². The molecule has 0 saturated carbocycles. The van der Waals surface area contributed by atoms with Gasteiger partial charge in [-0.3, -0.25) is 0 Å². The van der Waals surface area contributed by atoms with E-state index < -0.39 is 0 Å². The summed E-state index contributed by atoms with van der Waals surface area (Å²) in [7, 11) is 0. The van der Waals surface area contributed by atoms with Crippen LogP contribution in [0.25, 0.3) is 0 Å². The second kappa shape index (κ2) is 20.8. The first kappa shape index (κ1) is 16.9. The van der Waals surface area contributed by atoms with Crippen LogP contribution in [0.3, 0.4) is 0 Å². The predicted molar refractivity (Wildman–Crippen MR) is 12.2 cm³/mol. The fourth-order valence-corrected chi connectivity index (χ4v) is 0. The molecule has 0 aromatic rings. The van der Waals surface area contributed by atoms with Crippen LogP contribution in [0.1, 0.15) is 0 Å². The average molecular weight is 273 g/mol. The van der Waals surface area contributed by atoms with Gasteiger partial charge in [0.1, 0.15) is 0 Å². The summed E-state index contributed by atoms with van der Waals surface area (Å²) < 4.78 is 8.30. The van der Waals surface area contributed by atoms with Crippen molar-refractivity contribution in [3.8, 4) is 0 Å². The van der Waals surface area contributed by atoms with Crippen molar-refractivity contribution < 1.29 is 22.5 Å². The van der Waals surface area contributed by atoms with E-state index in [2.05, 4.69) is 0 Å². The maximum absolute atomic E-state index is 8.30. The zero-order valence-electron chi connectivity index (χ0n) is 2.14. The molecule has 4 heteroatoms. The van der Waals surface area contributed by atoms with E-state index in [4.69, 9.17) is 3.02 Å². The van der Waals surface area contributed by atoms with Gasteiger partial charge in [-0.25, -0.2) is 0 Å². The summed E-state index contributed by atoms with van der Waals surface area (Å²) in [6.45, 7) is 0. The Labute approximate surface area is 64.6 Å². The van der Waals surface area contributed by atoms with Gasteiger partial charge >= 0.3 is 26.0 Å². The Balaban J connectivity index is -0.00000000500. The zero-order valence-corrected chi connectivity index (χ0v) is 10.1. The van der Waals surface area contributed by atoms with Crippen LogP contribution in [0.4, 0.5) is 0 Å². The fraction of sp³-hybridized carbons (Fsp3) is 0. The SMILES string of the molecule is [Ga].[O]=[Sb].[Zn]. The molecule has 0 aromatic carbocycles. The van der Waals surface area contributed by atoms with Crippen LogP contribution in [0.5, 0.6) is 0 Å². The van der Waals surface area contributed by atoms with Gasteiger partial charge in [-0.1, -0.05) is 0 Å². The van der Waals surface area contributed by atoms with Gasteiger partial charge in [0.25, 0.3) is 0 Å². The summed E-state index contributed by atoms with van der Waals surface area (Å²) in [5.74, 6) is 0. The van der Waals surface area contributed by atoms with E-state index in [0.29, 0.717) is 23.0 Å². The quantitative estimate of drug-likeness (QED) is 0.524. The third-order valence-corrected chi connectivity index (χ3v) is 0. The second-order valence-electron chi connectivity index (χ2n) is 0. The Morgan fingerprint density at radius 1 is 1.25 bits per heavy atom. The van der Waals surface area contributed by atoms with Gasteiger partial charge in [-0.15, -0.1) is 0 Å². The molecule has 0 amide bonds. The van der Waals surface area contributed by atoms with Crippen molar-refractivity contribution in [1.82, 2.24) is 0 Å². The molecule has 0 aliphatic heterocycles. The van der Waals surface area contributed by atoms with E-state index in [9.17, 15) is 0 Å².